The molecule has 0 spiro atoms. The van der Waals surface area contributed by atoms with E-state index in [-0.39, 0.29) is 0 Å². The van der Waals surface area contributed by atoms with Gasteiger partial charge in [0.25, 0.3) is 0 Å². The Morgan fingerprint density at radius 1 is 0.833 bits per heavy atom. The first-order valence-corrected chi connectivity index (χ1v) is 9.66. The fraction of sp³-hybridized carbons (Fsp3) is 0.188. The number of ether oxygens (including phenoxy) is 2. The first-order valence-electron chi connectivity index (χ1n) is 6.62. The van der Waals surface area contributed by atoms with Gasteiger partial charge in [-0.1, -0.05) is 0 Å². The number of hydrogen-bond donors (Lipinski definition) is 0. The van der Waals surface area contributed by atoms with Gasteiger partial charge in [-0.05, 0) is 0 Å². The Morgan fingerprint density at radius 3 is 1.50 bits per heavy atom. The summed E-state index contributed by atoms with van der Waals surface area (Å²) in [4.78, 5) is 11.3. The third kappa shape index (κ3) is 4.53. The van der Waals surface area contributed by atoms with Crippen molar-refractivity contribution in [3.63, 3.8) is 0 Å². The molecule has 0 aliphatic rings. The van der Waals surface area contributed by atoms with Crippen molar-refractivity contribution in [1.82, 2.24) is 0 Å². The number of benzene rings is 2. The molecule has 24 heavy (non-hydrogen) atoms. The minimum absolute atomic E-state index is 0.544. The van der Waals surface area contributed by atoms with Crippen LogP contribution >= 0.6 is 20.2 Å². The summed E-state index contributed by atoms with van der Waals surface area (Å²) in [7, 11) is 2.97. The average Bonchev–Trinajstić information content (AvgIpc) is 2.59. The van der Waals surface area contributed by atoms with Crippen LogP contribution in [0.25, 0.3) is 0 Å². The van der Waals surface area contributed by atoms with Crippen LogP contribution in [0.3, 0.4) is 0 Å². The van der Waals surface area contributed by atoms with E-state index in [9.17, 15) is 18.0 Å². The fourth-order valence-corrected chi connectivity index (χ4v) is 5.60. The molecule has 0 saturated carbocycles. The van der Waals surface area contributed by atoms with Crippen molar-refractivity contribution < 1.29 is 30.5 Å². The summed E-state index contributed by atoms with van der Waals surface area (Å²) in [6.07, 6.45) is -5.03. The van der Waals surface area contributed by atoms with E-state index in [1.807, 2.05) is 0 Å². The molecule has 0 saturated heterocycles. The molecule has 0 heterocycles. The molecule has 4 nitrogen and oxygen atoms in total. The van der Waals surface area contributed by atoms with Crippen LogP contribution < -0.4 is 9.47 Å². The van der Waals surface area contributed by atoms with E-state index in [1.165, 1.54) is 14.2 Å². The van der Waals surface area contributed by atoms with E-state index in [2.05, 4.69) is 0 Å². The van der Waals surface area contributed by atoms with Gasteiger partial charge in [0.15, 0.2) is 0 Å². The molecular formula is C16H14F3IO4. The van der Waals surface area contributed by atoms with Gasteiger partial charge in [-0.25, -0.2) is 0 Å². The van der Waals surface area contributed by atoms with E-state index in [1.54, 1.807) is 48.5 Å². The van der Waals surface area contributed by atoms with Gasteiger partial charge < -0.3 is 0 Å². The van der Waals surface area contributed by atoms with Crippen molar-refractivity contribution in [2.75, 3.05) is 14.2 Å². The summed E-state index contributed by atoms with van der Waals surface area (Å²) in [5, 5.41) is 0. The molecule has 0 N–H and O–H groups in total. The summed E-state index contributed by atoms with van der Waals surface area (Å²) in [5.74, 6) is -1.06. The molecule has 0 atom stereocenters. The molecule has 0 aliphatic carbocycles. The predicted octanol–water partition coefficient (Wildman–Crippen LogP) is 4.27. The molecule has 2 aromatic rings. The molecule has 0 fully saturated rings. The van der Waals surface area contributed by atoms with Crippen molar-refractivity contribution >= 4 is 26.2 Å². The van der Waals surface area contributed by atoms with E-state index < -0.39 is 32.4 Å². The van der Waals surface area contributed by atoms with Gasteiger partial charge in [-0.3, -0.25) is 0 Å². The van der Waals surface area contributed by atoms with Crippen LogP contribution in [0.2, 0.25) is 0 Å². The Kier molecular flexibility index (Phi) is 5.92. The standard InChI is InChI=1S/C16H14F3IO4/c1-22-13-7-3-11(4-8-13)20(24-15(21)16(17,18)19)12-5-9-14(23-2)10-6-12/h3-10H,1-2H3. The van der Waals surface area contributed by atoms with Crippen LogP contribution in [0.15, 0.2) is 48.5 Å². The number of halogens is 4. The number of rotatable bonds is 5. The first kappa shape index (κ1) is 18.4. The van der Waals surface area contributed by atoms with Crippen LogP contribution in [-0.2, 0) is 7.86 Å². The Hall–Kier alpha value is -1.97. The molecule has 0 unspecified atom stereocenters. The third-order valence-corrected chi connectivity index (χ3v) is 7.42. The van der Waals surface area contributed by atoms with Gasteiger partial charge in [-0.15, -0.1) is 0 Å². The molecular weight excluding hydrogens is 440 g/mol. The Balaban J connectivity index is 2.37. The summed E-state index contributed by atoms with van der Waals surface area (Å²) in [6.45, 7) is 0. The van der Waals surface area contributed by atoms with Gasteiger partial charge in [-0.2, -0.15) is 0 Å². The molecule has 2 rings (SSSR count). The number of carbonyl (C=O) groups is 1. The van der Waals surface area contributed by atoms with Crippen LogP contribution in [0.5, 0.6) is 11.5 Å². The van der Waals surface area contributed by atoms with Crippen molar-refractivity contribution in [3.05, 3.63) is 55.7 Å². The topological polar surface area (TPSA) is 44.8 Å². The first-order chi connectivity index (χ1) is 11.3. The summed E-state index contributed by atoms with van der Waals surface area (Å²) in [6, 6.07) is 12.9. The van der Waals surface area contributed by atoms with E-state index in [0.717, 1.165) is 0 Å². The Morgan fingerprint density at radius 2 is 1.21 bits per heavy atom. The second kappa shape index (κ2) is 7.73. The monoisotopic (exact) mass is 454 g/mol. The van der Waals surface area contributed by atoms with E-state index in [4.69, 9.17) is 12.5 Å². The van der Waals surface area contributed by atoms with Crippen LogP contribution in [0.1, 0.15) is 0 Å². The zero-order valence-corrected chi connectivity index (χ0v) is 14.9. The van der Waals surface area contributed by atoms with Gasteiger partial charge in [0.05, 0.1) is 0 Å². The van der Waals surface area contributed by atoms with E-state index >= 15 is 0 Å². The van der Waals surface area contributed by atoms with Gasteiger partial charge in [0.2, 0.25) is 0 Å². The molecule has 2 aromatic carbocycles. The Labute approximate surface area is 144 Å². The fourth-order valence-electron chi connectivity index (χ4n) is 1.70. The quantitative estimate of drug-likeness (QED) is 0.634. The minimum atomic E-state index is -5.03. The zero-order chi connectivity index (χ0) is 17.7. The molecule has 130 valence electrons. The predicted molar refractivity (Wildman–Crippen MR) is 89.5 cm³/mol. The zero-order valence-electron chi connectivity index (χ0n) is 12.8. The maximum absolute atomic E-state index is 12.6. The van der Waals surface area contributed by atoms with Crippen molar-refractivity contribution in [1.29, 1.82) is 0 Å². The van der Waals surface area contributed by atoms with Gasteiger partial charge >= 0.3 is 144 Å². The van der Waals surface area contributed by atoms with Gasteiger partial charge in [0.1, 0.15) is 0 Å². The normalized spacial score (nSPS) is 11.6. The van der Waals surface area contributed by atoms with E-state index in [0.29, 0.717) is 18.6 Å². The Bertz CT molecular complexity index is 636. The second-order valence-electron chi connectivity index (χ2n) is 4.43. The number of methoxy groups -OCH3 is 2. The van der Waals surface area contributed by atoms with Crippen molar-refractivity contribution in [2.24, 2.45) is 0 Å². The molecule has 0 aliphatic heterocycles. The summed E-state index contributed by atoms with van der Waals surface area (Å²) in [5.41, 5.74) is 0. The van der Waals surface area contributed by atoms with Crippen molar-refractivity contribution in [3.8, 4) is 11.5 Å². The average molecular weight is 454 g/mol. The molecule has 0 amide bonds. The summed E-state index contributed by atoms with van der Waals surface area (Å²) < 4.78 is 53.8. The molecule has 8 heteroatoms. The third-order valence-electron chi connectivity index (χ3n) is 2.87. The van der Waals surface area contributed by atoms with Crippen LogP contribution in [0.4, 0.5) is 13.2 Å². The molecule has 0 bridgehead atoms. The maximum atomic E-state index is 12.6. The number of alkyl halides is 3. The number of carbonyl (C=O) groups excluding carboxylic acids is 1. The molecule has 0 radical (unpaired) electrons. The molecule has 0 aromatic heterocycles. The number of hydrogen-bond acceptors (Lipinski definition) is 4. The van der Waals surface area contributed by atoms with Crippen LogP contribution in [-0.4, -0.2) is 26.4 Å². The van der Waals surface area contributed by atoms with Gasteiger partial charge in [0, 0.05) is 0 Å². The summed E-state index contributed by atoms with van der Waals surface area (Å²) >= 11 is -3.06. The second-order valence-corrected chi connectivity index (χ2v) is 8.78. The van der Waals surface area contributed by atoms with Crippen molar-refractivity contribution in [2.45, 2.75) is 6.18 Å². The van der Waals surface area contributed by atoms with Crippen LogP contribution in [0, 0.1) is 7.14 Å². The SMILES string of the molecule is COc1ccc(I(OC(=O)C(F)(F)F)c2ccc(OC)cc2)cc1.